The molecule has 0 aliphatic carbocycles. The van der Waals surface area contributed by atoms with E-state index in [1.165, 1.54) is 5.56 Å². The normalized spacial score (nSPS) is 10.1. The first-order valence-electron chi connectivity index (χ1n) is 6.77. The van der Waals surface area contributed by atoms with Crippen LogP contribution >= 0.6 is 0 Å². The van der Waals surface area contributed by atoms with Gasteiger partial charge in [-0.1, -0.05) is 17.7 Å². The van der Waals surface area contributed by atoms with Gasteiger partial charge in [-0.05, 0) is 25.1 Å². The van der Waals surface area contributed by atoms with E-state index in [0.717, 1.165) is 28.5 Å². The maximum Gasteiger partial charge on any atom is 0.145 e. The second-order valence-corrected chi connectivity index (χ2v) is 4.74. The first-order valence-corrected chi connectivity index (χ1v) is 6.77. The summed E-state index contributed by atoms with van der Waals surface area (Å²) in [6.07, 6.45) is 0. The Labute approximate surface area is 125 Å². The van der Waals surface area contributed by atoms with Crippen LogP contribution in [0.2, 0.25) is 0 Å². The summed E-state index contributed by atoms with van der Waals surface area (Å²) in [7, 11) is 4.97. The molecule has 4 heteroatoms. The topological polar surface area (TPSA) is 39.7 Å². The lowest BCUT2D eigenvalue weighted by molar-refractivity contribution is 0.395. The molecule has 112 valence electrons. The summed E-state index contributed by atoms with van der Waals surface area (Å²) < 4.78 is 16.0. The molecule has 0 aromatic heterocycles. The fraction of sp³-hybridized carbons (Fsp3) is 0.294. The van der Waals surface area contributed by atoms with Crippen LogP contribution in [0.3, 0.4) is 0 Å². The van der Waals surface area contributed by atoms with Gasteiger partial charge in [0, 0.05) is 18.2 Å². The third kappa shape index (κ3) is 3.60. The van der Waals surface area contributed by atoms with Crippen LogP contribution in [0.4, 0.5) is 5.69 Å². The Morgan fingerprint density at radius 3 is 2.29 bits per heavy atom. The number of ether oxygens (including phenoxy) is 3. The predicted molar refractivity (Wildman–Crippen MR) is 84.6 cm³/mol. The minimum absolute atomic E-state index is 0.660. The number of aryl methyl sites for hydroxylation is 1. The van der Waals surface area contributed by atoms with Gasteiger partial charge in [-0.3, -0.25) is 0 Å². The highest BCUT2D eigenvalue weighted by Crippen LogP contribution is 2.30. The molecule has 0 bridgehead atoms. The highest BCUT2D eigenvalue weighted by molar-refractivity contribution is 5.59. The van der Waals surface area contributed by atoms with Crippen molar-refractivity contribution in [3.63, 3.8) is 0 Å². The fourth-order valence-corrected chi connectivity index (χ4v) is 2.18. The zero-order chi connectivity index (χ0) is 15.2. The van der Waals surface area contributed by atoms with Crippen LogP contribution in [0.25, 0.3) is 0 Å². The molecule has 0 fully saturated rings. The van der Waals surface area contributed by atoms with Crippen LogP contribution in [0, 0.1) is 6.92 Å². The van der Waals surface area contributed by atoms with Gasteiger partial charge in [0.15, 0.2) is 0 Å². The van der Waals surface area contributed by atoms with Gasteiger partial charge in [-0.25, -0.2) is 0 Å². The molecule has 0 aliphatic heterocycles. The molecule has 0 atom stereocenters. The number of hydrogen-bond donors (Lipinski definition) is 1. The Balaban J connectivity index is 2.18. The van der Waals surface area contributed by atoms with E-state index in [-0.39, 0.29) is 0 Å². The van der Waals surface area contributed by atoms with E-state index in [0.29, 0.717) is 6.54 Å². The molecule has 0 unspecified atom stereocenters. The number of hydrogen-bond acceptors (Lipinski definition) is 4. The second kappa shape index (κ2) is 6.88. The van der Waals surface area contributed by atoms with Crippen molar-refractivity contribution >= 4 is 5.69 Å². The summed E-state index contributed by atoms with van der Waals surface area (Å²) in [4.78, 5) is 0. The molecule has 0 spiro atoms. The van der Waals surface area contributed by atoms with Crippen molar-refractivity contribution in [1.82, 2.24) is 0 Å². The molecule has 1 N–H and O–H groups in total. The van der Waals surface area contributed by atoms with Crippen molar-refractivity contribution < 1.29 is 14.2 Å². The largest absolute Gasteiger partial charge is 0.497 e. The average molecular weight is 287 g/mol. The Morgan fingerprint density at radius 1 is 0.857 bits per heavy atom. The number of anilines is 1. The maximum absolute atomic E-state index is 5.39. The van der Waals surface area contributed by atoms with Crippen molar-refractivity contribution in [2.45, 2.75) is 13.5 Å². The van der Waals surface area contributed by atoms with Crippen molar-refractivity contribution in [1.29, 1.82) is 0 Å². The first kappa shape index (κ1) is 15.0. The van der Waals surface area contributed by atoms with Crippen LogP contribution in [0.15, 0.2) is 36.4 Å². The standard InChI is InChI=1S/C17H21NO3/c1-12-5-8-16(20-3)13(9-12)11-18-15-7-6-14(19-2)10-17(15)21-4/h5-10,18H,11H2,1-4H3. The summed E-state index contributed by atoms with van der Waals surface area (Å²) in [5.74, 6) is 2.40. The monoisotopic (exact) mass is 287 g/mol. The van der Waals surface area contributed by atoms with Crippen LogP contribution in [-0.4, -0.2) is 21.3 Å². The van der Waals surface area contributed by atoms with Crippen molar-refractivity contribution in [3.8, 4) is 17.2 Å². The van der Waals surface area contributed by atoms with Gasteiger partial charge in [0.2, 0.25) is 0 Å². The molecule has 0 radical (unpaired) electrons. The molecule has 0 heterocycles. The second-order valence-electron chi connectivity index (χ2n) is 4.74. The summed E-state index contributed by atoms with van der Waals surface area (Å²) in [6, 6.07) is 11.8. The minimum Gasteiger partial charge on any atom is -0.497 e. The number of benzene rings is 2. The number of nitrogens with one attached hydrogen (secondary N) is 1. The Kier molecular flexibility index (Phi) is 4.93. The highest BCUT2D eigenvalue weighted by Gasteiger charge is 2.07. The lowest BCUT2D eigenvalue weighted by Gasteiger charge is -2.14. The van der Waals surface area contributed by atoms with Gasteiger partial charge < -0.3 is 19.5 Å². The van der Waals surface area contributed by atoms with E-state index in [2.05, 4.69) is 18.3 Å². The summed E-state index contributed by atoms with van der Waals surface area (Å²) in [5, 5.41) is 3.37. The quantitative estimate of drug-likeness (QED) is 0.880. The van der Waals surface area contributed by atoms with Crippen LogP contribution in [0.5, 0.6) is 17.2 Å². The summed E-state index contributed by atoms with van der Waals surface area (Å²) >= 11 is 0. The van der Waals surface area contributed by atoms with E-state index < -0.39 is 0 Å². The van der Waals surface area contributed by atoms with Crippen molar-refractivity contribution in [3.05, 3.63) is 47.5 Å². The zero-order valence-corrected chi connectivity index (χ0v) is 12.9. The van der Waals surface area contributed by atoms with E-state index >= 15 is 0 Å². The maximum atomic E-state index is 5.39. The molecule has 0 saturated heterocycles. The third-order valence-corrected chi connectivity index (χ3v) is 3.31. The Morgan fingerprint density at radius 2 is 1.62 bits per heavy atom. The van der Waals surface area contributed by atoms with Gasteiger partial charge in [0.05, 0.1) is 27.0 Å². The van der Waals surface area contributed by atoms with E-state index in [1.807, 2.05) is 30.3 Å². The lowest BCUT2D eigenvalue weighted by Crippen LogP contribution is -2.03. The van der Waals surface area contributed by atoms with E-state index in [9.17, 15) is 0 Å². The van der Waals surface area contributed by atoms with Gasteiger partial charge in [0.25, 0.3) is 0 Å². The fourth-order valence-electron chi connectivity index (χ4n) is 2.18. The number of methoxy groups -OCH3 is 3. The molecule has 0 amide bonds. The highest BCUT2D eigenvalue weighted by atomic mass is 16.5. The van der Waals surface area contributed by atoms with Crippen LogP contribution in [0.1, 0.15) is 11.1 Å². The van der Waals surface area contributed by atoms with Gasteiger partial charge in [0.1, 0.15) is 17.2 Å². The summed E-state index contributed by atoms with van der Waals surface area (Å²) in [5.41, 5.74) is 3.23. The predicted octanol–water partition coefficient (Wildman–Crippen LogP) is 3.63. The molecule has 0 saturated carbocycles. The van der Waals surface area contributed by atoms with Crippen LogP contribution in [-0.2, 0) is 6.54 Å². The molecule has 2 aromatic carbocycles. The number of rotatable bonds is 6. The van der Waals surface area contributed by atoms with Crippen molar-refractivity contribution in [2.75, 3.05) is 26.6 Å². The first-order chi connectivity index (χ1) is 10.2. The summed E-state index contributed by atoms with van der Waals surface area (Å²) in [6.45, 7) is 2.73. The molecular formula is C17H21NO3. The Hall–Kier alpha value is -2.36. The molecule has 21 heavy (non-hydrogen) atoms. The van der Waals surface area contributed by atoms with E-state index in [4.69, 9.17) is 14.2 Å². The van der Waals surface area contributed by atoms with Gasteiger partial charge in [-0.2, -0.15) is 0 Å². The minimum atomic E-state index is 0.660. The molecular weight excluding hydrogens is 266 g/mol. The van der Waals surface area contributed by atoms with Crippen LogP contribution < -0.4 is 19.5 Å². The SMILES string of the molecule is COc1ccc(NCc2cc(C)ccc2OC)c(OC)c1. The smallest absolute Gasteiger partial charge is 0.145 e. The van der Waals surface area contributed by atoms with E-state index in [1.54, 1.807) is 21.3 Å². The molecule has 4 nitrogen and oxygen atoms in total. The lowest BCUT2D eigenvalue weighted by atomic mass is 10.1. The van der Waals surface area contributed by atoms with Gasteiger partial charge >= 0.3 is 0 Å². The van der Waals surface area contributed by atoms with Gasteiger partial charge in [-0.15, -0.1) is 0 Å². The van der Waals surface area contributed by atoms with Crippen molar-refractivity contribution in [2.24, 2.45) is 0 Å². The molecule has 2 rings (SSSR count). The average Bonchev–Trinajstić information content (AvgIpc) is 2.52. The molecule has 0 aliphatic rings. The Bertz CT molecular complexity index is 611. The zero-order valence-electron chi connectivity index (χ0n) is 12.9. The molecule has 2 aromatic rings. The third-order valence-electron chi connectivity index (χ3n) is 3.31.